The van der Waals surface area contributed by atoms with Gasteiger partial charge in [-0.2, -0.15) is 0 Å². The molecule has 3 unspecified atom stereocenters. The molecule has 0 amide bonds. The maximum atomic E-state index is 10.2. The van der Waals surface area contributed by atoms with Crippen LogP contribution >= 0.6 is 0 Å². The molecular formula is C14H26N2O2. The molecule has 2 heterocycles. The van der Waals surface area contributed by atoms with Gasteiger partial charge in [0.1, 0.15) is 0 Å². The smallest absolute Gasteiger partial charge is 0.0793 e. The Labute approximate surface area is 110 Å². The summed E-state index contributed by atoms with van der Waals surface area (Å²) in [6.07, 6.45) is 4.07. The number of fused-ring (bicyclic) bond motifs is 1. The van der Waals surface area contributed by atoms with Gasteiger partial charge in [-0.1, -0.05) is 6.42 Å². The first-order valence-corrected chi connectivity index (χ1v) is 7.52. The Hall–Kier alpha value is -0.160. The molecule has 3 atom stereocenters. The summed E-state index contributed by atoms with van der Waals surface area (Å²) in [6.45, 7) is 7.72. The summed E-state index contributed by atoms with van der Waals surface area (Å²) < 4.78 is 5.33. The van der Waals surface area contributed by atoms with Crippen molar-refractivity contribution in [2.24, 2.45) is 11.8 Å². The SMILES string of the molecule is OC(CN1CCOCC1)CN1CC2CCCC2C1. The van der Waals surface area contributed by atoms with Gasteiger partial charge in [-0.05, 0) is 24.7 Å². The standard InChI is InChI=1S/C14H26N2O2/c17-14(10-15-4-6-18-7-5-15)11-16-8-12-2-1-3-13(12)9-16/h12-14,17H,1-11H2. The van der Waals surface area contributed by atoms with Crippen molar-refractivity contribution in [3.05, 3.63) is 0 Å². The molecule has 104 valence electrons. The van der Waals surface area contributed by atoms with Gasteiger partial charge in [0, 0.05) is 39.3 Å². The molecule has 3 rings (SSSR count). The fourth-order valence-corrected chi connectivity index (χ4v) is 3.92. The molecule has 1 aliphatic carbocycles. The minimum atomic E-state index is -0.193. The van der Waals surface area contributed by atoms with Crippen LogP contribution in [-0.2, 0) is 4.74 Å². The third-order valence-corrected chi connectivity index (χ3v) is 4.84. The van der Waals surface area contributed by atoms with Gasteiger partial charge in [-0.25, -0.2) is 0 Å². The van der Waals surface area contributed by atoms with Crippen LogP contribution < -0.4 is 0 Å². The summed E-state index contributed by atoms with van der Waals surface area (Å²) in [6, 6.07) is 0. The average molecular weight is 254 g/mol. The van der Waals surface area contributed by atoms with Crippen LogP contribution in [-0.4, -0.2) is 73.5 Å². The van der Waals surface area contributed by atoms with Crippen molar-refractivity contribution in [1.82, 2.24) is 9.80 Å². The van der Waals surface area contributed by atoms with E-state index < -0.39 is 0 Å². The number of rotatable bonds is 4. The zero-order valence-corrected chi connectivity index (χ0v) is 11.3. The van der Waals surface area contributed by atoms with Crippen LogP contribution in [0.25, 0.3) is 0 Å². The minimum Gasteiger partial charge on any atom is -0.390 e. The van der Waals surface area contributed by atoms with Crippen molar-refractivity contribution in [2.45, 2.75) is 25.4 Å². The molecule has 1 saturated carbocycles. The molecule has 2 aliphatic heterocycles. The predicted molar refractivity (Wildman–Crippen MR) is 70.5 cm³/mol. The van der Waals surface area contributed by atoms with Gasteiger partial charge in [-0.15, -0.1) is 0 Å². The second kappa shape index (κ2) is 5.87. The third-order valence-electron chi connectivity index (χ3n) is 4.84. The number of hydrogen-bond donors (Lipinski definition) is 1. The largest absolute Gasteiger partial charge is 0.390 e. The topological polar surface area (TPSA) is 35.9 Å². The highest BCUT2D eigenvalue weighted by atomic mass is 16.5. The Bertz CT molecular complexity index is 257. The quantitative estimate of drug-likeness (QED) is 0.788. The lowest BCUT2D eigenvalue weighted by molar-refractivity contribution is 0.00807. The molecule has 2 saturated heterocycles. The van der Waals surface area contributed by atoms with Gasteiger partial charge >= 0.3 is 0 Å². The Morgan fingerprint density at radius 3 is 2.28 bits per heavy atom. The highest BCUT2D eigenvalue weighted by Gasteiger charge is 2.36. The van der Waals surface area contributed by atoms with E-state index in [4.69, 9.17) is 4.74 Å². The van der Waals surface area contributed by atoms with Gasteiger partial charge in [0.15, 0.2) is 0 Å². The summed E-state index contributed by atoms with van der Waals surface area (Å²) in [5, 5.41) is 10.2. The molecule has 0 aromatic rings. The summed E-state index contributed by atoms with van der Waals surface area (Å²) in [5.74, 6) is 1.86. The van der Waals surface area contributed by atoms with Crippen LogP contribution in [0.4, 0.5) is 0 Å². The van der Waals surface area contributed by atoms with Gasteiger partial charge in [0.2, 0.25) is 0 Å². The van der Waals surface area contributed by atoms with E-state index in [-0.39, 0.29) is 6.10 Å². The lowest BCUT2D eigenvalue weighted by Crippen LogP contribution is -2.44. The van der Waals surface area contributed by atoms with Crippen LogP contribution in [0.3, 0.4) is 0 Å². The number of aliphatic hydroxyl groups is 1. The number of β-amino-alcohol motifs (C(OH)–C–C–N with tert-alkyl or cyclic N) is 1. The maximum Gasteiger partial charge on any atom is 0.0793 e. The third kappa shape index (κ3) is 3.05. The molecule has 18 heavy (non-hydrogen) atoms. The number of ether oxygens (including phenoxy) is 1. The van der Waals surface area contributed by atoms with Crippen LogP contribution in [0, 0.1) is 11.8 Å². The van der Waals surface area contributed by atoms with Crippen molar-refractivity contribution >= 4 is 0 Å². The Balaban J connectivity index is 1.39. The van der Waals surface area contributed by atoms with E-state index in [9.17, 15) is 5.11 Å². The molecule has 3 fully saturated rings. The monoisotopic (exact) mass is 254 g/mol. The minimum absolute atomic E-state index is 0.193. The highest BCUT2D eigenvalue weighted by Crippen LogP contribution is 2.37. The summed E-state index contributed by atoms with van der Waals surface area (Å²) in [5.41, 5.74) is 0. The fraction of sp³-hybridized carbons (Fsp3) is 1.00. The van der Waals surface area contributed by atoms with E-state index in [0.29, 0.717) is 0 Å². The first kappa shape index (κ1) is 12.9. The number of nitrogens with zero attached hydrogens (tertiary/aromatic N) is 2. The summed E-state index contributed by atoms with van der Waals surface area (Å²) >= 11 is 0. The first-order valence-electron chi connectivity index (χ1n) is 7.52. The van der Waals surface area contributed by atoms with Crippen molar-refractivity contribution in [1.29, 1.82) is 0 Å². The molecular weight excluding hydrogens is 228 g/mol. The van der Waals surface area contributed by atoms with Gasteiger partial charge < -0.3 is 14.7 Å². The molecule has 3 aliphatic rings. The number of likely N-dealkylation sites (tertiary alicyclic amines) is 1. The normalized spacial score (nSPS) is 35.8. The molecule has 0 aromatic heterocycles. The van der Waals surface area contributed by atoms with Gasteiger partial charge in [0.25, 0.3) is 0 Å². The van der Waals surface area contributed by atoms with Crippen LogP contribution in [0.2, 0.25) is 0 Å². The predicted octanol–water partition coefficient (Wildman–Crippen LogP) is 0.411. The van der Waals surface area contributed by atoms with Crippen molar-refractivity contribution in [3.63, 3.8) is 0 Å². The van der Waals surface area contributed by atoms with Crippen LogP contribution in [0.5, 0.6) is 0 Å². The Morgan fingerprint density at radius 1 is 1.00 bits per heavy atom. The number of hydrogen-bond acceptors (Lipinski definition) is 4. The second-order valence-corrected chi connectivity index (χ2v) is 6.24. The number of morpholine rings is 1. The zero-order valence-electron chi connectivity index (χ0n) is 11.3. The van der Waals surface area contributed by atoms with E-state index in [1.807, 2.05) is 0 Å². The molecule has 0 spiro atoms. The van der Waals surface area contributed by atoms with Gasteiger partial charge in [0.05, 0.1) is 19.3 Å². The highest BCUT2D eigenvalue weighted by molar-refractivity contribution is 4.89. The summed E-state index contributed by atoms with van der Waals surface area (Å²) in [7, 11) is 0. The van der Waals surface area contributed by atoms with Crippen molar-refractivity contribution in [2.75, 3.05) is 52.5 Å². The average Bonchev–Trinajstić information content (AvgIpc) is 2.90. The maximum absolute atomic E-state index is 10.2. The van der Waals surface area contributed by atoms with E-state index >= 15 is 0 Å². The Morgan fingerprint density at radius 2 is 1.61 bits per heavy atom. The van der Waals surface area contributed by atoms with E-state index in [2.05, 4.69) is 9.80 Å². The lowest BCUT2D eigenvalue weighted by Gasteiger charge is -2.30. The first-order chi connectivity index (χ1) is 8.81. The van der Waals surface area contributed by atoms with Crippen molar-refractivity contribution in [3.8, 4) is 0 Å². The van der Waals surface area contributed by atoms with Gasteiger partial charge in [-0.3, -0.25) is 4.90 Å². The van der Waals surface area contributed by atoms with E-state index in [1.54, 1.807) is 0 Å². The number of aliphatic hydroxyl groups excluding tert-OH is 1. The molecule has 4 heteroatoms. The molecule has 1 N–H and O–H groups in total. The van der Waals surface area contributed by atoms with E-state index in [0.717, 1.165) is 51.2 Å². The second-order valence-electron chi connectivity index (χ2n) is 6.24. The van der Waals surface area contributed by atoms with Crippen LogP contribution in [0.1, 0.15) is 19.3 Å². The lowest BCUT2D eigenvalue weighted by atomic mass is 10.0. The molecule has 0 radical (unpaired) electrons. The van der Waals surface area contributed by atoms with Crippen molar-refractivity contribution < 1.29 is 9.84 Å². The zero-order chi connectivity index (χ0) is 12.4. The van der Waals surface area contributed by atoms with E-state index in [1.165, 1.54) is 32.4 Å². The molecule has 4 nitrogen and oxygen atoms in total. The molecule has 0 aromatic carbocycles. The van der Waals surface area contributed by atoms with Crippen LogP contribution in [0.15, 0.2) is 0 Å². The summed E-state index contributed by atoms with van der Waals surface area (Å²) in [4.78, 5) is 4.81. The Kier molecular flexibility index (Phi) is 4.19. The fourth-order valence-electron chi connectivity index (χ4n) is 3.92. The molecule has 0 bridgehead atoms.